The van der Waals surface area contributed by atoms with Gasteiger partial charge in [0.15, 0.2) is 0 Å². The Hall–Kier alpha value is -2.67. The lowest BCUT2D eigenvalue weighted by molar-refractivity contribution is -0.147. The summed E-state index contributed by atoms with van der Waals surface area (Å²) in [5.41, 5.74) is 1.24. The Bertz CT molecular complexity index is 820. The van der Waals surface area contributed by atoms with Gasteiger partial charge in [0.1, 0.15) is 28.5 Å². The predicted molar refractivity (Wildman–Crippen MR) is 108 cm³/mol. The summed E-state index contributed by atoms with van der Waals surface area (Å²) >= 11 is 1.54. The number of amides is 1. The molecular weight excluding hydrogens is 378 g/mol. The molecule has 0 aliphatic carbocycles. The third-order valence-electron chi connectivity index (χ3n) is 4.52. The van der Waals surface area contributed by atoms with Crippen LogP contribution in [0.1, 0.15) is 28.2 Å². The van der Waals surface area contributed by atoms with Gasteiger partial charge in [0.05, 0.1) is 20.8 Å². The Morgan fingerprint density at radius 2 is 1.68 bits per heavy atom. The first-order valence-electron chi connectivity index (χ1n) is 8.99. The van der Waals surface area contributed by atoms with Crippen LogP contribution in [0.3, 0.4) is 0 Å². The quantitative estimate of drug-likeness (QED) is 0.690. The molecule has 1 heterocycles. The molecule has 148 valence electrons. The molecular formula is C21H23NO5S. The first-order valence-corrected chi connectivity index (χ1v) is 10.0. The number of esters is 1. The van der Waals surface area contributed by atoms with Gasteiger partial charge in [-0.25, -0.2) is 4.79 Å². The Morgan fingerprint density at radius 1 is 1.04 bits per heavy atom. The zero-order valence-corrected chi connectivity index (χ0v) is 16.9. The lowest BCUT2D eigenvalue weighted by atomic mass is 10.1. The molecule has 6 nitrogen and oxygen atoms in total. The topological polar surface area (TPSA) is 65.1 Å². The highest BCUT2D eigenvalue weighted by Gasteiger charge is 2.44. The van der Waals surface area contributed by atoms with Gasteiger partial charge < -0.3 is 19.1 Å². The van der Waals surface area contributed by atoms with Crippen molar-refractivity contribution in [3.8, 4) is 11.5 Å². The molecule has 2 unspecified atom stereocenters. The second kappa shape index (κ2) is 9.01. The standard InChI is InChI=1S/C21H23NO5S/c1-4-27-21(24)15-13-28-20(14-9-6-5-7-10-14)22(15)19(23)18-16(25-2)11-8-12-17(18)26-3/h5-12,15,20H,4,13H2,1-3H3. The van der Waals surface area contributed by atoms with Gasteiger partial charge in [0.2, 0.25) is 0 Å². The normalized spacial score (nSPS) is 18.6. The number of carbonyl (C=O) groups is 2. The molecule has 0 saturated carbocycles. The van der Waals surface area contributed by atoms with Crippen LogP contribution in [0.4, 0.5) is 0 Å². The van der Waals surface area contributed by atoms with E-state index in [1.54, 1.807) is 30.0 Å². The fraction of sp³-hybridized carbons (Fsp3) is 0.333. The summed E-state index contributed by atoms with van der Waals surface area (Å²) in [6.45, 7) is 2.01. The number of benzene rings is 2. The number of hydrogen-bond acceptors (Lipinski definition) is 6. The molecule has 0 bridgehead atoms. The summed E-state index contributed by atoms with van der Waals surface area (Å²) in [4.78, 5) is 27.8. The summed E-state index contributed by atoms with van der Waals surface area (Å²) < 4.78 is 16.0. The second-order valence-corrected chi connectivity index (χ2v) is 7.23. The van der Waals surface area contributed by atoms with Crippen molar-refractivity contribution in [2.45, 2.75) is 18.3 Å². The summed E-state index contributed by atoms with van der Waals surface area (Å²) in [6, 6.07) is 14.1. The number of thioether (sulfide) groups is 1. The van der Waals surface area contributed by atoms with Crippen LogP contribution in [0, 0.1) is 0 Å². The molecule has 2 aromatic rings. The van der Waals surface area contributed by atoms with Gasteiger partial charge in [-0.2, -0.15) is 0 Å². The highest BCUT2D eigenvalue weighted by molar-refractivity contribution is 7.99. The van der Waals surface area contributed by atoms with Crippen LogP contribution in [-0.2, 0) is 9.53 Å². The van der Waals surface area contributed by atoms with Gasteiger partial charge >= 0.3 is 5.97 Å². The molecule has 3 rings (SSSR count). The van der Waals surface area contributed by atoms with Gasteiger partial charge in [-0.3, -0.25) is 4.79 Å². The van der Waals surface area contributed by atoms with Crippen molar-refractivity contribution in [1.82, 2.24) is 4.90 Å². The highest BCUT2D eigenvalue weighted by atomic mass is 32.2. The first-order chi connectivity index (χ1) is 13.6. The van der Waals surface area contributed by atoms with Crippen molar-refractivity contribution < 1.29 is 23.8 Å². The average molecular weight is 401 g/mol. The number of rotatable bonds is 6. The van der Waals surface area contributed by atoms with Gasteiger partial charge in [0, 0.05) is 5.75 Å². The maximum atomic E-state index is 13.7. The number of ether oxygens (including phenoxy) is 3. The summed E-state index contributed by atoms with van der Waals surface area (Å²) in [6.07, 6.45) is 0. The van der Waals surface area contributed by atoms with E-state index < -0.39 is 12.0 Å². The lowest BCUT2D eigenvalue weighted by Crippen LogP contribution is -2.44. The van der Waals surface area contributed by atoms with Crippen LogP contribution >= 0.6 is 11.8 Å². The third-order valence-corrected chi connectivity index (χ3v) is 5.84. The molecule has 28 heavy (non-hydrogen) atoms. The van der Waals surface area contributed by atoms with E-state index in [1.807, 2.05) is 30.3 Å². The van der Waals surface area contributed by atoms with E-state index >= 15 is 0 Å². The van der Waals surface area contributed by atoms with Crippen LogP contribution in [0.5, 0.6) is 11.5 Å². The minimum atomic E-state index is -0.683. The minimum Gasteiger partial charge on any atom is -0.496 e. The van der Waals surface area contributed by atoms with Crippen molar-refractivity contribution in [1.29, 1.82) is 0 Å². The number of methoxy groups -OCH3 is 2. The van der Waals surface area contributed by atoms with E-state index in [1.165, 1.54) is 26.0 Å². The SMILES string of the molecule is CCOC(=O)C1CSC(c2ccccc2)N1C(=O)c1c(OC)cccc1OC. The monoisotopic (exact) mass is 401 g/mol. The van der Waals surface area contributed by atoms with E-state index in [9.17, 15) is 9.59 Å². The van der Waals surface area contributed by atoms with Gasteiger partial charge in [-0.05, 0) is 24.6 Å². The summed E-state index contributed by atoms with van der Waals surface area (Å²) in [5.74, 6) is 0.523. The van der Waals surface area contributed by atoms with E-state index in [0.717, 1.165) is 5.56 Å². The van der Waals surface area contributed by atoms with Crippen molar-refractivity contribution in [2.75, 3.05) is 26.6 Å². The number of hydrogen-bond donors (Lipinski definition) is 0. The Balaban J connectivity index is 2.07. The maximum Gasteiger partial charge on any atom is 0.329 e. The van der Waals surface area contributed by atoms with Crippen LogP contribution in [-0.4, -0.2) is 49.4 Å². The smallest absolute Gasteiger partial charge is 0.329 e. The van der Waals surface area contributed by atoms with Crippen LogP contribution in [0.15, 0.2) is 48.5 Å². The summed E-state index contributed by atoms with van der Waals surface area (Å²) in [7, 11) is 3.00. The molecule has 7 heteroatoms. The Kier molecular flexibility index (Phi) is 6.46. The molecule has 0 N–H and O–H groups in total. The van der Waals surface area contributed by atoms with E-state index in [4.69, 9.17) is 14.2 Å². The fourth-order valence-corrected chi connectivity index (χ4v) is 4.65. The fourth-order valence-electron chi connectivity index (χ4n) is 3.24. The Morgan fingerprint density at radius 3 is 2.25 bits per heavy atom. The molecule has 1 saturated heterocycles. The van der Waals surface area contributed by atoms with Crippen molar-refractivity contribution >= 4 is 23.6 Å². The largest absolute Gasteiger partial charge is 0.496 e. The first kappa shape index (κ1) is 20.1. The number of carbonyl (C=O) groups excluding carboxylic acids is 2. The number of nitrogens with zero attached hydrogens (tertiary/aromatic N) is 1. The molecule has 0 aromatic heterocycles. The average Bonchev–Trinajstić information content (AvgIpc) is 3.18. The molecule has 0 radical (unpaired) electrons. The zero-order valence-electron chi connectivity index (χ0n) is 16.1. The molecule has 1 amide bonds. The third kappa shape index (κ3) is 3.80. The van der Waals surface area contributed by atoms with Crippen molar-refractivity contribution in [3.63, 3.8) is 0 Å². The molecule has 2 aromatic carbocycles. The predicted octanol–water partition coefficient (Wildman–Crippen LogP) is 3.52. The zero-order chi connectivity index (χ0) is 20.1. The van der Waals surface area contributed by atoms with Crippen LogP contribution in [0.25, 0.3) is 0 Å². The van der Waals surface area contributed by atoms with Crippen molar-refractivity contribution in [3.05, 3.63) is 59.7 Å². The lowest BCUT2D eigenvalue weighted by Gasteiger charge is -2.29. The Labute approximate surface area is 168 Å². The highest BCUT2D eigenvalue weighted by Crippen LogP contribution is 2.44. The molecule has 1 aliphatic rings. The van der Waals surface area contributed by atoms with Gasteiger partial charge in [-0.1, -0.05) is 36.4 Å². The molecule has 0 spiro atoms. The van der Waals surface area contributed by atoms with Gasteiger partial charge in [-0.15, -0.1) is 11.8 Å². The molecule has 1 aliphatic heterocycles. The second-order valence-electron chi connectivity index (χ2n) is 6.11. The van der Waals surface area contributed by atoms with Crippen LogP contribution in [0.2, 0.25) is 0 Å². The van der Waals surface area contributed by atoms with Crippen molar-refractivity contribution in [2.24, 2.45) is 0 Å². The van der Waals surface area contributed by atoms with Gasteiger partial charge in [0.25, 0.3) is 5.91 Å². The summed E-state index contributed by atoms with van der Waals surface area (Å²) in [5, 5.41) is -0.308. The van der Waals surface area contributed by atoms with E-state index in [0.29, 0.717) is 22.8 Å². The minimum absolute atomic E-state index is 0.260. The maximum absolute atomic E-state index is 13.7. The molecule has 2 atom stereocenters. The van der Waals surface area contributed by atoms with Crippen LogP contribution < -0.4 is 9.47 Å². The van der Waals surface area contributed by atoms with E-state index in [-0.39, 0.29) is 17.9 Å². The molecule has 1 fully saturated rings. The van der Waals surface area contributed by atoms with E-state index in [2.05, 4.69) is 0 Å².